The summed E-state index contributed by atoms with van der Waals surface area (Å²) in [5.41, 5.74) is 5.15. The average molecular weight is 306 g/mol. The Kier molecular flexibility index (Phi) is 5.97. The lowest BCUT2D eigenvalue weighted by Gasteiger charge is -2.35. The van der Waals surface area contributed by atoms with Crippen LogP contribution in [0.25, 0.3) is 0 Å². The second kappa shape index (κ2) is 6.87. The fourth-order valence-corrected chi connectivity index (χ4v) is 4.35. The lowest BCUT2D eigenvalue weighted by Crippen LogP contribution is -2.57. The van der Waals surface area contributed by atoms with E-state index >= 15 is 0 Å². The number of nitrogens with zero attached hydrogens (tertiary/aromatic N) is 1. The van der Waals surface area contributed by atoms with E-state index in [1.54, 1.807) is 18.9 Å². The van der Waals surface area contributed by atoms with Gasteiger partial charge in [-0.15, -0.1) is 0 Å². The Morgan fingerprint density at radius 2 is 2.15 bits per heavy atom. The molecule has 0 aromatic carbocycles. The lowest BCUT2D eigenvalue weighted by atomic mass is 9.95. The van der Waals surface area contributed by atoms with Crippen molar-refractivity contribution in [2.24, 2.45) is 5.73 Å². The van der Waals surface area contributed by atoms with Crippen LogP contribution in [0.4, 0.5) is 0 Å². The number of hydrogen-bond acceptors (Lipinski definition) is 5. The van der Waals surface area contributed by atoms with Gasteiger partial charge < -0.3 is 15.4 Å². The summed E-state index contributed by atoms with van der Waals surface area (Å²) in [5.74, 6) is -0.00719. The van der Waals surface area contributed by atoms with Crippen molar-refractivity contribution >= 4 is 15.7 Å². The van der Waals surface area contributed by atoms with E-state index in [1.165, 1.54) is 0 Å². The third-order valence-corrected chi connectivity index (χ3v) is 5.45. The highest BCUT2D eigenvalue weighted by atomic mass is 32.2. The van der Waals surface area contributed by atoms with Gasteiger partial charge in [0, 0.05) is 19.7 Å². The van der Waals surface area contributed by atoms with Crippen molar-refractivity contribution in [2.45, 2.75) is 44.7 Å². The highest BCUT2D eigenvalue weighted by Crippen LogP contribution is 2.22. The SMILES string of the molecule is CCCC(C)(N)C(=O)N(CCOC)C1CCS(=O)(=O)C1. The van der Waals surface area contributed by atoms with E-state index in [2.05, 4.69) is 0 Å². The Bertz CT molecular complexity index is 434. The molecule has 7 heteroatoms. The highest BCUT2D eigenvalue weighted by molar-refractivity contribution is 7.91. The Balaban J connectivity index is 2.86. The van der Waals surface area contributed by atoms with Crippen LogP contribution >= 0.6 is 0 Å². The lowest BCUT2D eigenvalue weighted by molar-refractivity contribution is -0.139. The first-order valence-corrected chi connectivity index (χ1v) is 8.85. The molecule has 20 heavy (non-hydrogen) atoms. The molecule has 0 aliphatic carbocycles. The van der Waals surface area contributed by atoms with Gasteiger partial charge in [0.2, 0.25) is 5.91 Å². The molecule has 1 fully saturated rings. The van der Waals surface area contributed by atoms with E-state index in [9.17, 15) is 13.2 Å². The van der Waals surface area contributed by atoms with Gasteiger partial charge in [-0.3, -0.25) is 4.79 Å². The van der Waals surface area contributed by atoms with Crippen LogP contribution in [0.5, 0.6) is 0 Å². The molecular weight excluding hydrogens is 280 g/mol. The van der Waals surface area contributed by atoms with Gasteiger partial charge in [0.25, 0.3) is 0 Å². The van der Waals surface area contributed by atoms with Gasteiger partial charge in [0.15, 0.2) is 9.84 Å². The number of nitrogens with two attached hydrogens (primary N) is 1. The van der Waals surface area contributed by atoms with Gasteiger partial charge in [-0.2, -0.15) is 0 Å². The number of rotatable bonds is 7. The van der Waals surface area contributed by atoms with Crippen LogP contribution < -0.4 is 5.73 Å². The molecule has 0 radical (unpaired) electrons. The molecule has 0 aromatic rings. The van der Waals surface area contributed by atoms with E-state index in [4.69, 9.17) is 10.5 Å². The Morgan fingerprint density at radius 3 is 2.60 bits per heavy atom. The first kappa shape index (κ1) is 17.4. The van der Waals surface area contributed by atoms with E-state index in [0.29, 0.717) is 26.0 Å². The molecular formula is C13H26N2O4S. The summed E-state index contributed by atoms with van der Waals surface area (Å²) >= 11 is 0. The number of hydrogen-bond donors (Lipinski definition) is 1. The molecule has 1 aliphatic heterocycles. The van der Waals surface area contributed by atoms with Gasteiger partial charge in [0.05, 0.1) is 23.7 Å². The van der Waals surface area contributed by atoms with Crippen molar-refractivity contribution in [3.8, 4) is 0 Å². The Labute approximate surface area is 121 Å². The Hall–Kier alpha value is -0.660. The normalized spacial score (nSPS) is 24.3. The predicted octanol–water partition coefficient (Wildman–Crippen LogP) is 0.166. The van der Waals surface area contributed by atoms with Crippen LogP contribution in [0.1, 0.15) is 33.1 Å². The highest BCUT2D eigenvalue weighted by Gasteiger charge is 2.39. The van der Waals surface area contributed by atoms with Gasteiger partial charge >= 0.3 is 0 Å². The van der Waals surface area contributed by atoms with Gasteiger partial charge in [-0.25, -0.2) is 8.42 Å². The second-order valence-electron chi connectivity index (χ2n) is 5.72. The molecule has 0 bridgehead atoms. The molecule has 1 aliphatic rings. The predicted molar refractivity (Wildman–Crippen MR) is 78.1 cm³/mol. The summed E-state index contributed by atoms with van der Waals surface area (Å²) in [6.07, 6.45) is 1.87. The summed E-state index contributed by atoms with van der Waals surface area (Å²) in [6.45, 7) is 4.44. The molecule has 0 spiro atoms. The minimum absolute atomic E-state index is 0.0324. The Morgan fingerprint density at radius 1 is 1.50 bits per heavy atom. The zero-order chi connectivity index (χ0) is 15.4. The summed E-state index contributed by atoms with van der Waals surface area (Å²) in [7, 11) is -1.48. The van der Waals surface area contributed by atoms with Crippen LogP contribution in [0.3, 0.4) is 0 Å². The fourth-order valence-electron chi connectivity index (χ4n) is 2.62. The van der Waals surface area contributed by atoms with E-state index in [1.807, 2.05) is 6.92 Å². The monoisotopic (exact) mass is 306 g/mol. The van der Waals surface area contributed by atoms with Gasteiger partial charge in [-0.05, 0) is 19.8 Å². The largest absolute Gasteiger partial charge is 0.383 e. The molecule has 1 amide bonds. The third kappa shape index (κ3) is 4.43. The quantitative estimate of drug-likeness (QED) is 0.724. The number of sulfone groups is 1. The molecule has 2 unspecified atom stereocenters. The zero-order valence-corrected chi connectivity index (χ0v) is 13.4. The average Bonchev–Trinajstić information content (AvgIpc) is 2.70. The molecule has 1 rings (SSSR count). The summed E-state index contributed by atoms with van der Waals surface area (Å²) in [5, 5.41) is 0. The third-order valence-electron chi connectivity index (χ3n) is 3.70. The second-order valence-corrected chi connectivity index (χ2v) is 7.94. The first-order chi connectivity index (χ1) is 9.23. The number of methoxy groups -OCH3 is 1. The van der Waals surface area contributed by atoms with Crippen LogP contribution in [0.15, 0.2) is 0 Å². The smallest absolute Gasteiger partial charge is 0.242 e. The van der Waals surface area contributed by atoms with Crippen molar-refractivity contribution in [2.75, 3.05) is 31.8 Å². The van der Waals surface area contributed by atoms with Gasteiger partial charge in [0.1, 0.15) is 0 Å². The van der Waals surface area contributed by atoms with Crippen molar-refractivity contribution in [1.29, 1.82) is 0 Å². The van der Waals surface area contributed by atoms with Crippen molar-refractivity contribution in [3.63, 3.8) is 0 Å². The van der Waals surface area contributed by atoms with E-state index < -0.39 is 15.4 Å². The number of carbonyl (C=O) groups is 1. The van der Waals surface area contributed by atoms with Crippen LogP contribution in [-0.4, -0.2) is 62.6 Å². The molecule has 2 N–H and O–H groups in total. The van der Waals surface area contributed by atoms with E-state index in [-0.39, 0.29) is 23.5 Å². The number of carbonyl (C=O) groups excluding carboxylic acids is 1. The molecule has 0 saturated carbocycles. The van der Waals surface area contributed by atoms with Crippen LogP contribution in [0, 0.1) is 0 Å². The van der Waals surface area contributed by atoms with E-state index in [0.717, 1.165) is 6.42 Å². The summed E-state index contributed by atoms with van der Waals surface area (Å²) < 4.78 is 28.3. The maximum Gasteiger partial charge on any atom is 0.242 e. The van der Waals surface area contributed by atoms with Crippen molar-refractivity contribution in [1.82, 2.24) is 4.90 Å². The van der Waals surface area contributed by atoms with Crippen LogP contribution in [0.2, 0.25) is 0 Å². The van der Waals surface area contributed by atoms with Crippen molar-refractivity contribution in [3.05, 3.63) is 0 Å². The van der Waals surface area contributed by atoms with Gasteiger partial charge in [-0.1, -0.05) is 13.3 Å². The molecule has 118 valence electrons. The minimum Gasteiger partial charge on any atom is -0.383 e. The fraction of sp³-hybridized carbons (Fsp3) is 0.923. The summed E-state index contributed by atoms with van der Waals surface area (Å²) in [6, 6.07) is -0.276. The molecule has 0 aromatic heterocycles. The standard InChI is InChI=1S/C13H26N2O4S/c1-4-6-13(2,14)12(16)15(7-8-19-3)11-5-9-20(17,18)10-11/h11H,4-10,14H2,1-3H3. The molecule has 6 nitrogen and oxygen atoms in total. The summed E-state index contributed by atoms with van der Waals surface area (Å²) in [4.78, 5) is 14.2. The maximum atomic E-state index is 12.6. The number of amides is 1. The first-order valence-electron chi connectivity index (χ1n) is 7.03. The molecule has 1 heterocycles. The van der Waals surface area contributed by atoms with Crippen LogP contribution in [-0.2, 0) is 19.4 Å². The molecule has 1 saturated heterocycles. The topological polar surface area (TPSA) is 89.7 Å². The maximum absolute atomic E-state index is 12.6. The number of ether oxygens (including phenoxy) is 1. The zero-order valence-electron chi connectivity index (χ0n) is 12.6. The minimum atomic E-state index is -3.03. The van der Waals surface area contributed by atoms with Crippen molar-refractivity contribution < 1.29 is 17.9 Å². The molecule has 2 atom stereocenters.